The number of anilines is 1. The molecule has 1 amide bonds. The summed E-state index contributed by atoms with van der Waals surface area (Å²) in [6.07, 6.45) is -0.926. The maximum absolute atomic E-state index is 11.6. The van der Waals surface area contributed by atoms with Crippen LogP contribution in [0, 0.1) is 0 Å². The number of rotatable bonds is 3. The van der Waals surface area contributed by atoms with Crippen LogP contribution >= 0.6 is 11.5 Å². The molecule has 0 saturated carbocycles. The van der Waals surface area contributed by atoms with E-state index in [4.69, 9.17) is 9.84 Å². The Morgan fingerprint density at radius 2 is 2.19 bits per heavy atom. The first-order chi connectivity index (χ1) is 7.66. The van der Waals surface area contributed by atoms with Gasteiger partial charge in [-0.3, -0.25) is 10.1 Å². The molecule has 0 aliphatic carbocycles. The molecule has 86 valence electrons. The Morgan fingerprint density at radius 3 is 2.75 bits per heavy atom. The Bertz CT molecular complexity index is 395. The van der Waals surface area contributed by atoms with Crippen molar-refractivity contribution >= 4 is 28.5 Å². The van der Waals surface area contributed by atoms with Gasteiger partial charge in [-0.1, -0.05) is 9.59 Å². The third-order valence-electron chi connectivity index (χ3n) is 2.12. The van der Waals surface area contributed by atoms with Gasteiger partial charge < -0.3 is 9.84 Å². The van der Waals surface area contributed by atoms with E-state index in [2.05, 4.69) is 20.1 Å². The summed E-state index contributed by atoms with van der Waals surface area (Å²) in [5.41, 5.74) is 0. The summed E-state index contributed by atoms with van der Waals surface area (Å²) >= 11 is 0.941. The van der Waals surface area contributed by atoms with E-state index in [-0.39, 0.29) is 5.13 Å². The van der Waals surface area contributed by atoms with Crippen LogP contribution in [-0.2, 0) is 14.3 Å². The van der Waals surface area contributed by atoms with E-state index >= 15 is 0 Å². The summed E-state index contributed by atoms with van der Waals surface area (Å²) in [4.78, 5) is 22.2. The highest BCUT2D eigenvalue weighted by molar-refractivity contribution is 7.09. The van der Waals surface area contributed by atoms with E-state index in [9.17, 15) is 9.59 Å². The van der Waals surface area contributed by atoms with Crippen molar-refractivity contribution < 1.29 is 19.4 Å². The predicted molar refractivity (Wildman–Crippen MR) is 51.9 cm³/mol. The van der Waals surface area contributed by atoms with Gasteiger partial charge in [0.25, 0.3) is 5.91 Å². The molecule has 2 heterocycles. The Labute approximate surface area is 93.8 Å². The Hall–Kier alpha value is -1.61. The number of carboxylic acid groups (broad SMARTS) is 1. The first-order valence-corrected chi connectivity index (χ1v) is 5.28. The zero-order chi connectivity index (χ0) is 11.5. The quantitative estimate of drug-likeness (QED) is 0.736. The van der Waals surface area contributed by atoms with E-state index in [1.54, 1.807) is 0 Å². The van der Waals surface area contributed by atoms with Crippen LogP contribution in [0.2, 0.25) is 0 Å². The number of nitrogens with zero attached hydrogens (tertiary/aromatic N) is 3. The molecule has 8 nitrogen and oxygen atoms in total. The Kier molecular flexibility index (Phi) is 3.06. The number of aliphatic carboxylic acids is 1. The highest BCUT2D eigenvalue weighted by Crippen LogP contribution is 2.21. The molecule has 2 atom stereocenters. The average Bonchev–Trinajstić information content (AvgIpc) is 2.86. The molecule has 1 aliphatic rings. The molecule has 16 heavy (non-hydrogen) atoms. The lowest BCUT2D eigenvalue weighted by Gasteiger charge is -2.09. The number of hydrogen-bond acceptors (Lipinski definition) is 7. The average molecular weight is 244 g/mol. The van der Waals surface area contributed by atoms with E-state index in [1.165, 1.54) is 0 Å². The molecule has 2 unspecified atom stereocenters. The SMILES string of the molecule is O=C(O)C1CCC(C(=O)Nc2nnns2)O1. The van der Waals surface area contributed by atoms with Crippen LogP contribution in [0.4, 0.5) is 5.13 Å². The molecular weight excluding hydrogens is 236 g/mol. The predicted octanol–water partition coefficient (Wildman–Crippen LogP) is -0.496. The number of amides is 1. The summed E-state index contributed by atoms with van der Waals surface area (Å²) in [6.45, 7) is 0. The number of nitrogens with one attached hydrogen (secondary N) is 1. The maximum atomic E-state index is 11.6. The molecule has 1 aliphatic heterocycles. The number of aromatic nitrogens is 3. The lowest BCUT2D eigenvalue weighted by molar-refractivity contribution is -0.150. The van der Waals surface area contributed by atoms with E-state index in [0.29, 0.717) is 12.8 Å². The lowest BCUT2D eigenvalue weighted by Crippen LogP contribution is -2.29. The minimum atomic E-state index is -1.05. The second-order valence-electron chi connectivity index (χ2n) is 3.19. The summed E-state index contributed by atoms with van der Waals surface area (Å²) in [6, 6.07) is 0. The topological polar surface area (TPSA) is 114 Å². The summed E-state index contributed by atoms with van der Waals surface area (Å²) < 4.78 is 8.53. The van der Waals surface area contributed by atoms with E-state index in [0.717, 1.165) is 11.5 Å². The largest absolute Gasteiger partial charge is 0.479 e. The van der Waals surface area contributed by atoms with Gasteiger partial charge in [-0.2, -0.15) is 0 Å². The van der Waals surface area contributed by atoms with Crippen molar-refractivity contribution in [3.8, 4) is 0 Å². The molecule has 0 aromatic carbocycles. The molecular formula is C7H8N4O4S. The van der Waals surface area contributed by atoms with Gasteiger partial charge in [0, 0.05) is 11.5 Å². The molecule has 1 fully saturated rings. The fourth-order valence-electron chi connectivity index (χ4n) is 1.38. The van der Waals surface area contributed by atoms with Gasteiger partial charge in [-0.15, -0.1) is 0 Å². The van der Waals surface area contributed by atoms with Crippen LogP contribution in [0.3, 0.4) is 0 Å². The molecule has 9 heteroatoms. The standard InChI is InChI=1S/C7H8N4O4S/c12-5(8-7-9-10-11-16-7)3-1-2-4(15-3)6(13)14/h3-4H,1-2H2,(H,13,14)(H,8,9,11,12). The number of hydrogen-bond donors (Lipinski definition) is 2. The van der Waals surface area contributed by atoms with Crippen LogP contribution in [0.1, 0.15) is 12.8 Å². The first-order valence-electron chi connectivity index (χ1n) is 4.51. The normalized spacial score (nSPS) is 24.2. The zero-order valence-electron chi connectivity index (χ0n) is 7.99. The fourth-order valence-corrected chi connectivity index (χ4v) is 1.75. The smallest absolute Gasteiger partial charge is 0.332 e. The monoisotopic (exact) mass is 244 g/mol. The van der Waals surface area contributed by atoms with Crippen molar-refractivity contribution in [1.29, 1.82) is 0 Å². The van der Waals surface area contributed by atoms with Gasteiger partial charge in [0.15, 0.2) is 6.10 Å². The molecule has 0 radical (unpaired) electrons. The first kappa shape index (κ1) is 10.9. The maximum Gasteiger partial charge on any atom is 0.332 e. The Balaban J connectivity index is 1.90. The summed E-state index contributed by atoms with van der Waals surface area (Å²) in [5.74, 6) is -1.46. The number of carboxylic acids is 1. The highest BCUT2D eigenvalue weighted by atomic mass is 32.1. The summed E-state index contributed by atoms with van der Waals surface area (Å²) in [7, 11) is 0. The van der Waals surface area contributed by atoms with Crippen LogP contribution < -0.4 is 5.32 Å². The van der Waals surface area contributed by atoms with Crippen LogP contribution in [0.25, 0.3) is 0 Å². The van der Waals surface area contributed by atoms with Crippen molar-refractivity contribution in [2.24, 2.45) is 0 Å². The van der Waals surface area contributed by atoms with Crippen molar-refractivity contribution in [3.05, 3.63) is 0 Å². The molecule has 2 rings (SSSR count). The highest BCUT2D eigenvalue weighted by Gasteiger charge is 2.34. The molecule has 0 bridgehead atoms. The third kappa shape index (κ3) is 2.31. The molecule has 0 spiro atoms. The van der Waals surface area contributed by atoms with Crippen LogP contribution in [0.15, 0.2) is 0 Å². The van der Waals surface area contributed by atoms with Gasteiger partial charge >= 0.3 is 5.97 Å². The van der Waals surface area contributed by atoms with Gasteiger partial charge in [-0.25, -0.2) is 4.79 Å². The molecule has 1 aromatic heterocycles. The second-order valence-corrected chi connectivity index (χ2v) is 3.92. The molecule has 2 N–H and O–H groups in total. The molecule has 1 aromatic rings. The van der Waals surface area contributed by atoms with Crippen molar-refractivity contribution in [1.82, 2.24) is 14.8 Å². The Morgan fingerprint density at radius 1 is 1.44 bits per heavy atom. The van der Waals surface area contributed by atoms with Gasteiger partial charge in [-0.05, 0) is 18.1 Å². The summed E-state index contributed by atoms with van der Waals surface area (Å²) in [5, 5.41) is 18.3. The second kappa shape index (κ2) is 4.49. The van der Waals surface area contributed by atoms with Crippen molar-refractivity contribution in [2.45, 2.75) is 25.0 Å². The van der Waals surface area contributed by atoms with Gasteiger partial charge in [0.05, 0.1) is 0 Å². The van der Waals surface area contributed by atoms with Crippen LogP contribution in [-0.4, -0.2) is 44.0 Å². The van der Waals surface area contributed by atoms with E-state index in [1.807, 2.05) is 0 Å². The number of carbonyl (C=O) groups excluding carboxylic acids is 1. The number of carbonyl (C=O) groups is 2. The van der Waals surface area contributed by atoms with Gasteiger partial charge in [0.2, 0.25) is 5.13 Å². The van der Waals surface area contributed by atoms with E-state index < -0.39 is 24.1 Å². The number of ether oxygens (including phenoxy) is 1. The lowest BCUT2D eigenvalue weighted by atomic mass is 10.2. The minimum Gasteiger partial charge on any atom is -0.479 e. The van der Waals surface area contributed by atoms with Gasteiger partial charge in [0.1, 0.15) is 6.10 Å². The zero-order valence-corrected chi connectivity index (χ0v) is 8.81. The minimum absolute atomic E-state index is 0.271. The third-order valence-corrected chi connectivity index (χ3v) is 2.63. The molecule has 1 saturated heterocycles. The van der Waals surface area contributed by atoms with Crippen molar-refractivity contribution in [2.75, 3.05) is 5.32 Å². The van der Waals surface area contributed by atoms with Crippen molar-refractivity contribution in [3.63, 3.8) is 0 Å². The van der Waals surface area contributed by atoms with Crippen LogP contribution in [0.5, 0.6) is 0 Å². The fraction of sp³-hybridized carbons (Fsp3) is 0.571.